The van der Waals surface area contributed by atoms with E-state index in [-0.39, 0.29) is 11.8 Å². The average molecular weight is 361 g/mol. The molecule has 0 spiro atoms. The summed E-state index contributed by atoms with van der Waals surface area (Å²) in [6.45, 7) is 1.83. The quantitative estimate of drug-likeness (QED) is 0.722. The Kier molecular flexibility index (Phi) is 5.47. The van der Waals surface area contributed by atoms with Crippen molar-refractivity contribution in [2.24, 2.45) is 0 Å². The van der Waals surface area contributed by atoms with Gasteiger partial charge in [-0.3, -0.25) is 9.59 Å². The molecule has 27 heavy (non-hydrogen) atoms. The first kappa shape index (κ1) is 18.1. The molecule has 0 fully saturated rings. The molecular formula is C21H19N3O3. The van der Waals surface area contributed by atoms with E-state index in [2.05, 4.69) is 15.6 Å². The number of amides is 2. The van der Waals surface area contributed by atoms with Crippen LogP contribution in [0.3, 0.4) is 0 Å². The Morgan fingerprint density at radius 1 is 0.926 bits per heavy atom. The van der Waals surface area contributed by atoms with Gasteiger partial charge in [-0.05, 0) is 42.8 Å². The third-order valence-corrected chi connectivity index (χ3v) is 3.99. The minimum atomic E-state index is -0.293. The summed E-state index contributed by atoms with van der Waals surface area (Å²) in [5.74, 6) is 0.371. The Labute approximate surface area is 157 Å². The lowest BCUT2D eigenvalue weighted by atomic mass is 10.1. The zero-order valence-corrected chi connectivity index (χ0v) is 15.0. The molecule has 1 heterocycles. The molecule has 0 unspecified atom stereocenters. The van der Waals surface area contributed by atoms with Gasteiger partial charge in [-0.1, -0.05) is 30.3 Å². The van der Waals surface area contributed by atoms with E-state index in [1.54, 1.807) is 54.6 Å². The van der Waals surface area contributed by atoms with Crippen LogP contribution >= 0.6 is 0 Å². The molecule has 0 aliphatic carbocycles. The maximum Gasteiger partial charge on any atom is 0.259 e. The summed E-state index contributed by atoms with van der Waals surface area (Å²) in [5.41, 5.74) is 2.31. The second kappa shape index (κ2) is 8.14. The fourth-order valence-electron chi connectivity index (χ4n) is 2.56. The molecule has 0 saturated carbocycles. The van der Waals surface area contributed by atoms with Gasteiger partial charge in [0, 0.05) is 5.56 Å². The van der Waals surface area contributed by atoms with Crippen LogP contribution in [-0.4, -0.2) is 23.9 Å². The van der Waals surface area contributed by atoms with Crippen molar-refractivity contribution in [1.82, 2.24) is 4.98 Å². The number of hydrogen-bond acceptors (Lipinski definition) is 4. The van der Waals surface area contributed by atoms with Crippen molar-refractivity contribution in [2.45, 2.75) is 6.92 Å². The van der Waals surface area contributed by atoms with Gasteiger partial charge in [0.1, 0.15) is 11.6 Å². The zero-order chi connectivity index (χ0) is 19.2. The van der Waals surface area contributed by atoms with Gasteiger partial charge in [0.2, 0.25) is 0 Å². The number of methoxy groups -OCH3 is 1. The molecule has 6 nitrogen and oxygen atoms in total. The number of anilines is 2. The summed E-state index contributed by atoms with van der Waals surface area (Å²) in [7, 11) is 1.52. The lowest BCUT2D eigenvalue weighted by Crippen LogP contribution is -2.16. The molecule has 3 rings (SSSR count). The second-order valence-corrected chi connectivity index (χ2v) is 5.86. The number of nitrogens with zero attached hydrogens (tertiary/aromatic N) is 1. The molecule has 0 aliphatic rings. The normalized spacial score (nSPS) is 10.1. The number of benzene rings is 2. The number of hydrogen-bond donors (Lipinski definition) is 2. The highest BCUT2D eigenvalue weighted by Gasteiger charge is 2.14. The van der Waals surface area contributed by atoms with Gasteiger partial charge >= 0.3 is 0 Å². The van der Waals surface area contributed by atoms with Crippen molar-refractivity contribution in [1.29, 1.82) is 0 Å². The number of carbonyl (C=O) groups excluding carboxylic acids is 2. The first-order valence-electron chi connectivity index (χ1n) is 8.36. The molecular weight excluding hydrogens is 342 g/mol. The van der Waals surface area contributed by atoms with Crippen LogP contribution in [0.1, 0.15) is 26.3 Å². The summed E-state index contributed by atoms with van der Waals surface area (Å²) >= 11 is 0. The Bertz CT molecular complexity index is 971. The summed E-state index contributed by atoms with van der Waals surface area (Å²) in [5, 5.41) is 5.57. The number of rotatable bonds is 5. The molecule has 2 amide bonds. The Hall–Kier alpha value is -3.67. The number of aryl methyl sites for hydroxylation is 1. The van der Waals surface area contributed by atoms with Gasteiger partial charge in [-0.25, -0.2) is 4.98 Å². The fraction of sp³-hybridized carbons (Fsp3) is 0.0952. The Balaban J connectivity index is 1.73. The van der Waals surface area contributed by atoms with Crippen molar-refractivity contribution >= 4 is 23.3 Å². The molecule has 3 aromatic rings. The van der Waals surface area contributed by atoms with E-state index in [1.165, 1.54) is 13.3 Å². The van der Waals surface area contributed by atoms with Gasteiger partial charge in [0.15, 0.2) is 0 Å². The number of para-hydroxylation sites is 1. The van der Waals surface area contributed by atoms with E-state index in [1.807, 2.05) is 13.0 Å². The summed E-state index contributed by atoms with van der Waals surface area (Å²) in [6, 6.07) is 17.6. The Morgan fingerprint density at radius 2 is 1.63 bits per heavy atom. The third-order valence-electron chi connectivity index (χ3n) is 3.99. The molecule has 0 atom stereocenters. The monoisotopic (exact) mass is 361 g/mol. The van der Waals surface area contributed by atoms with E-state index in [0.717, 1.165) is 5.56 Å². The van der Waals surface area contributed by atoms with Gasteiger partial charge < -0.3 is 15.4 Å². The zero-order valence-electron chi connectivity index (χ0n) is 15.0. The van der Waals surface area contributed by atoms with E-state index < -0.39 is 0 Å². The predicted octanol–water partition coefficient (Wildman–Crippen LogP) is 3.90. The average Bonchev–Trinajstić information content (AvgIpc) is 2.70. The van der Waals surface area contributed by atoms with Gasteiger partial charge in [0.05, 0.1) is 24.6 Å². The van der Waals surface area contributed by atoms with Crippen molar-refractivity contribution in [3.05, 3.63) is 83.6 Å². The van der Waals surface area contributed by atoms with E-state index in [4.69, 9.17) is 4.74 Å². The van der Waals surface area contributed by atoms with Crippen LogP contribution < -0.4 is 15.4 Å². The number of nitrogens with one attached hydrogen (secondary N) is 2. The van der Waals surface area contributed by atoms with E-state index >= 15 is 0 Å². The van der Waals surface area contributed by atoms with Gasteiger partial charge in [-0.15, -0.1) is 0 Å². The lowest BCUT2D eigenvalue weighted by molar-refractivity contribution is 0.101. The summed E-state index contributed by atoms with van der Waals surface area (Å²) in [4.78, 5) is 28.9. The largest absolute Gasteiger partial charge is 0.496 e. The number of aromatic nitrogens is 1. The maximum atomic E-state index is 12.5. The number of ether oxygens (including phenoxy) is 1. The van der Waals surface area contributed by atoms with Gasteiger partial charge in [0.25, 0.3) is 11.8 Å². The summed E-state index contributed by atoms with van der Waals surface area (Å²) in [6.07, 6.45) is 1.52. The molecule has 1 aromatic heterocycles. The van der Waals surface area contributed by atoms with Crippen molar-refractivity contribution in [3.8, 4) is 5.75 Å². The second-order valence-electron chi connectivity index (χ2n) is 5.86. The SMILES string of the molecule is COc1ccccc1C(=O)Nc1cnc(NC(=O)c2ccccc2)cc1C. The van der Waals surface area contributed by atoms with Crippen molar-refractivity contribution in [3.63, 3.8) is 0 Å². The van der Waals surface area contributed by atoms with Crippen LogP contribution in [-0.2, 0) is 0 Å². The Morgan fingerprint density at radius 3 is 2.33 bits per heavy atom. The van der Waals surface area contributed by atoms with E-state index in [0.29, 0.717) is 28.4 Å². The van der Waals surface area contributed by atoms with Crippen LogP contribution in [0.2, 0.25) is 0 Å². The molecule has 2 N–H and O–H groups in total. The van der Waals surface area contributed by atoms with Crippen LogP contribution in [0.5, 0.6) is 5.75 Å². The highest BCUT2D eigenvalue weighted by atomic mass is 16.5. The van der Waals surface area contributed by atoms with Crippen molar-refractivity contribution in [2.75, 3.05) is 17.7 Å². The smallest absolute Gasteiger partial charge is 0.259 e. The third kappa shape index (κ3) is 4.30. The number of pyridine rings is 1. The minimum Gasteiger partial charge on any atom is -0.496 e. The molecule has 0 aliphatic heterocycles. The standard InChI is InChI=1S/C21H19N3O3/c1-14-12-19(24-20(25)15-8-4-3-5-9-15)22-13-17(14)23-21(26)16-10-6-7-11-18(16)27-2/h3-13H,1-2H3,(H,23,26)(H,22,24,25). The number of carbonyl (C=O) groups is 2. The summed E-state index contributed by atoms with van der Waals surface area (Å²) < 4.78 is 5.22. The molecule has 0 bridgehead atoms. The predicted molar refractivity (Wildman–Crippen MR) is 104 cm³/mol. The molecule has 2 aromatic carbocycles. The van der Waals surface area contributed by atoms with Crippen LogP contribution in [0, 0.1) is 6.92 Å². The van der Waals surface area contributed by atoms with Crippen molar-refractivity contribution < 1.29 is 14.3 Å². The van der Waals surface area contributed by atoms with E-state index in [9.17, 15) is 9.59 Å². The topological polar surface area (TPSA) is 80.3 Å². The maximum absolute atomic E-state index is 12.5. The first-order valence-corrected chi connectivity index (χ1v) is 8.36. The van der Waals surface area contributed by atoms with Gasteiger partial charge in [-0.2, -0.15) is 0 Å². The molecule has 0 saturated heterocycles. The highest BCUT2D eigenvalue weighted by molar-refractivity contribution is 6.07. The van der Waals surface area contributed by atoms with Crippen LogP contribution in [0.4, 0.5) is 11.5 Å². The molecule has 6 heteroatoms. The molecule has 0 radical (unpaired) electrons. The highest BCUT2D eigenvalue weighted by Crippen LogP contribution is 2.22. The van der Waals surface area contributed by atoms with Crippen LogP contribution in [0.15, 0.2) is 66.9 Å². The van der Waals surface area contributed by atoms with Crippen LogP contribution in [0.25, 0.3) is 0 Å². The minimum absolute atomic E-state index is 0.242. The lowest BCUT2D eigenvalue weighted by Gasteiger charge is -2.12. The molecule has 136 valence electrons. The first-order chi connectivity index (χ1) is 13.1. The fourth-order valence-corrected chi connectivity index (χ4v) is 2.56.